The molecule has 8 atom stereocenters. The fourth-order valence-electron chi connectivity index (χ4n) is 8.82. The van der Waals surface area contributed by atoms with Crippen molar-refractivity contribution in [1.82, 2.24) is 9.80 Å². The van der Waals surface area contributed by atoms with Gasteiger partial charge < -0.3 is 14.9 Å². The summed E-state index contributed by atoms with van der Waals surface area (Å²) in [6.45, 7) is 9.74. The topological polar surface area (TPSA) is 30.0 Å². The lowest BCUT2D eigenvalue weighted by molar-refractivity contribution is -0.0383. The van der Waals surface area contributed by atoms with Gasteiger partial charge in [0.15, 0.2) is 0 Å². The van der Waals surface area contributed by atoms with Crippen molar-refractivity contribution in [2.24, 2.45) is 17.8 Å². The first-order valence-corrected chi connectivity index (χ1v) is 13.1. The molecule has 1 aliphatic carbocycles. The summed E-state index contributed by atoms with van der Waals surface area (Å²) in [5.74, 6) is 1.78. The summed E-state index contributed by atoms with van der Waals surface area (Å²) in [4.78, 5) is 8.15. The number of benzene rings is 1. The number of aliphatic hydroxyl groups excluding tert-OH is 1. The van der Waals surface area contributed by atoms with Crippen LogP contribution in [0.1, 0.15) is 57.9 Å². The van der Waals surface area contributed by atoms with Crippen molar-refractivity contribution in [2.45, 2.75) is 82.0 Å². The lowest BCUT2D eigenvalue weighted by Crippen LogP contribution is -2.66. The minimum Gasteiger partial charge on any atom is -0.392 e. The van der Waals surface area contributed by atoms with Crippen molar-refractivity contribution in [3.8, 4) is 0 Å². The van der Waals surface area contributed by atoms with E-state index >= 15 is 0 Å². The van der Waals surface area contributed by atoms with Crippen LogP contribution in [0, 0.1) is 17.8 Å². The van der Waals surface area contributed by atoms with E-state index in [1.807, 2.05) is 0 Å². The molecule has 1 aromatic rings. The number of aliphatic hydroxyl groups is 1. The van der Waals surface area contributed by atoms with Crippen LogP contribution in [-0.2, 0) is 5.41 Å². The first kappa shape index (κ1) is 20.5. The standard InChI is InChI=1S/C27H41N3O/c1-4-18(2)19-16-22-25-27(20-10-6-7-11-21(20)28(25)3)17-23(24(19)26(27)31)30(22)15-14-29-12-8-5-9-13-29/h6-7,10-11,18-19,22-26,31H,4-5,8-9,12-17H2,1-3H3/t18-,19+,22+,23+,24+,25+,26-,27-/m1/s1. The number of likely N-dealkylation sites (N-methyl/N-ethyl adjacent to an activating group) is 1. The van der Waals surface area contributed by atoms with E-state index in [0.717, 1.165) is 6.42 Å². The maximum Gasteiger partial charge on any atom is 0.0704 e. The van der Waals surface area contributed by atoms with Crippen LogP contribution in [-0.4, -0.2) is 72.4 Å². The Morgan fingerprint density at radius 1 is 1.10 bits per heavy atom. The van der Waals surface area contributed by atoms with E-state index < -0.39 is 0 Å². The average molecular weight is 424 g/mol. The Bertz CT molecular complexity index is 822. The third kappa shape index (κ3) is 2.71. The quantitative estimate of drug-likeness (QED) is 0.782. The van der Waals surface area contributed by atoms with E-state index in [2.05, 4.69) is 59.9 Å². The molecule has 1 spiro atoms. The minimum atomic E-state index is -0.211. The van der Waals surface area contributed by atoms with Gasteiger partial charge in [0, 0.05) is 49.2 Å². The molecule has 3 bridgehead atoms. The van der Waals surface area contributed by atoms with E-state index in [1.54, 1.807) is 0 Å². The van der Waals surface area contributed by atoms with E-state index in [4.69, 9.17) is 0 Å². The smallest absolute Gasteiger partial charge is 0.0704 e. The zero-order valence-corrected chi connectivity index (χ0v) is 19.7. The number of piperidine rings is 3. The van der Waals surface area contributed by atoms with Crippen LogP contribution < -0.4 is 4.90 Å². The number of hydrogen-bond donors (Lipinski definition) is 1. The van der Waals surface area contributed by atoms with Gasteiger partial charge in [-0.05, 0) is 62.2 Å². The Hall–Kier alpha value is -1.10. The van der Waals surface area contributed by atoms with Crippen molar-refractivity contribution >= 4 is 5.69 Å². The second-order valence-electron chi connectivity index (χ2n) is 11.4. The van der Waals surface area contributed by atoms with Gasteiger partial charge in [0.05, 0.1) is 12.1 Å². The first-order chi connectivity index (χ1) is 15.1. The lowest BCUT2D eigenvalue weighted by Gasteiger charge is -2.55. The van der Waals surface area contributed by atoms with Gasteiger partial charge >= 0.3 is 0 Å². The molecule has 4 aliphatic heterocycles. The summed E-state index contributed by atoms with van der Waals surface area (Å²) < 4.78 is 0. The van der Waals surface area contributed by atoms with Crippen molar-refractivity contribution in [2.75, 3.05) is 38.1 Å². The molecule has 4 fully saturated rings. The molecule has 4 heterocycles. The largest absolute Gasteiger partial charge is 0.392 e. The molecular weight excluding hydrogens is 382 g/mol. The zero-order chi connectivity index (χ0) is 21.3. The van der Waals surface area contributed by atoms with Crippen LogP contribution >= 0.6 is 0 Å². The molecule has 6 rings (SSSR count). The predicted molar refractivity (Wildman–Crippen MR) is 127 cm³/mol. The summed E-state index contributed by atoms with van der Waals surface area (Å²) in [5.41, 5.74) is 2.75. The molecule has 5 aliphatic rings. The molecule has 1 saturated carbocycles. The van der Waals surface area contributed by atoms with Gasteiger partial charge in [0.2, 0.25) is 0 Å². The van der Waals surface area contributed by atoms with Crippen LogP contribution in [0.4, 0.5) is 5.69 Å². The van der Waals surface area contributed by atoms with E-state index in [1.165, 1.54) is 69.5 Å². The van der Waals surface area contributed by atoms with Crippen molar-refractivity contribution in [3.05, 3.63) is 29.8 Å². The Balaban J connectivity index is 1.38. The number of hydrogen-bond acceptors (Lipinski definition) is 4. The average Bonchev–Trinajstić information content (AvgIpc) is 3.18. The highest BCUT2D eigenvalue weighted by Gasteiger charge is 2.72. The Morgan fingerprint density at radius 3 is 2.65 bits per heavy atom. The molecule has 0 aromatic heterocycles. The summed E-state index contributed by atoms with van der Waals surface area (Å²) in [5, 5.41) is 12.1. The molecule has 31 heavy (non-hydrogen) atoms. The van der Waals surface area contributed by atoms with E-state index in [-0.39, 0.29) is 11.5 Å². The Morgan fingerprint density at radius 2 is 1.87 bits per heavy atom. The lowest BCUT2D eigenvalue weighted by atomic mass is 9.67. The summed E-state index contributed by atoms with van der Waals surface area (Å²) in [6, 6.07) is 10.5. The Labute approximate surface area is 188 Å². The third-order valence-electron chi connectivity index (χ3n) is 10.3. The fraction of sp³-hybridized carbons (Fsp3) is 0.778. The minimum absolute atomic E-state index is 0.0603. The van der Waals surface area contributed by atoms with Crippen LogP contribution in [0.2, 0.25) is 0 Å². The molecule has 170 valence electrons. The first-order valence-electron chi connectivity index (χ1n) is 13.1. The van der Waals surface area contributed by atoms with Gasteiger partial charge in [0.1, 0.15) is 0 Å². The normalized spacial score (nSPS) is 42.6. The number of likely N-dealkylation sites (tertiary alicyclic amines) is 1. The number of nitrogens with zero attached hydrogens (tertiary/aromatic N) is 3. The van der Waals surface area contributed by atoms with Gasteiger partial charge in [-0.2, -0.15) is 0 Å². The maximum absolute atomic E-state index is 12.1. The van der Waals surface area contributed by atoms with Gasteiger partial charge in [-0.1, -0.05) is 44.9 Å². The summed E-state index contributed by atoms with van der Waals surface area (Å²) in [6.07, 6.45) is 7.57. The van der Waals surface area contributed by atoms with Crippen LogP contribution in [0.3, 0.4) is 0 Å². The van der Waals surface area contributed by atoms with Crippen molar-refractivity contribution < 1.29 is 5.11 Å². The number of para-hydroxylation sites is 1. The van der Waals surface area contributed by atoms with Gasteiger partial charge in [-0.15, -0.1) is 0 Å². The number of rotatable bonds is 5. The van der Waals surface area contributed by atoms with E-state index in [0.29, 0.717) is 35.9 Å². The zero-order valence-electron chi connectivity index (χ0n) is 19.7. The molecule has 1 aromatic carbocycles. The molecule has 4 nitrogen and oxygen atoms in total. The fourth-order valence-corrected chi connectivity index (χ4v) is 8.82. The van der Waals surface area contributed by atoms with Gasteiger partial charge in [-0.3, -0.25) is 4.90 Å². The molecule has 0 amide bonds. The van der Waals surface area contributed by atoms with Crippen molar-refractivity contribution in [3.63, 3.8) is 0 Å². The van der Waals surface area contributed by atoms with Crippen LogP contribution in [0.15, 0.2) is 24.3 Å². The monoisotopic (exact) mass is 423 g/mol. The molecule has 3 saturated heterocycles. The highest BCUT2D eigenvalue weighted by molar-refractivity contribution is 5.67. The third-order valence-corrected chi connectivity index (χ3v) is 10.3. The molecular formula is C27H41N3O. The van der Waals surface area contributed by atoms with Crippen LogP contribution in [0.5, 0.6) is 0 Å². The Kier molecular flexibility index (Phi) is 4.94. The second-order valence-corrected chi connectivity index (χ2v) is 11.4. The molecule has 0 radical (unpaired) electrons. The van der Waals surface area contributed by atoms with Crippen LogP contribution in [0.25, 0.3) is 0 Å². The second kappa shape index (κ2) is 7.46. The summed E-state index contributed by atoms with van der Waals surface area (Å²) in [7, 11) is 2.30. The maximum atomic E-state index is 12.1. The van der Waals surface area contributed by atoms with Gasteiger partial charge in [0.25, 0.3) is 0 Å². The highest BCUT2D eigenvalue weighted by Crippen LogP contribution is 2.66. The molecule has 0 unspecified atom stereocenters. The predicted octanol–water partition coefficient (Wildman–Crippen LogP) is 3.73. The molecule has 1 N–H and O–H groups in total. The van der Waals surface area contributed by atoms with E-state index in [9.17, 15) is 5.11 Å². The van der Waals surface area contributed by atoms with Crippen molar-refractivity contribution in [1.29, 1.82) is 0 Å². The van der Waals surface area contributed by atoms with Gasteiger partial charge in [-0.25, -0.2) is 0 Å². The number of anilines is 1. The highest BCUT2D eigenvalue weighted by atomic mass is 16.3. The SMILES string of the molecule is CC[C@@H](C)[C@@H]1C[C@H]2[C@@H]3N(C)c4ccccc4[C@]34C[C@@H]([C@H]1[C@H]4O)N2CCN1CCCCC1. The molecule has 4 heteroatoms. The number of fused-ring (bicyclic) bond motifs is 3. The summed E-state index contributed by atoms with van der Waals surface area (Å²) >= 11 is 0.